The topological polar surface area (TPSA) is 113 Å². The predicted octanol–water partition coefficient (Wildman–Crippen LogP) is 4.45. The van der Waals surface area contributed by atoms with Crippen LogP contribution in [0.3, 0.4) is 0 Å². The second kappa shape index (κ2) is 10.5. The van der Waals surface area contributed by atoms with Crippen molar-refractivity contribution in [3.05, 3.63) is 61.7 Å². The van der Waals surface area contributed by atoms with Crippen LogP contribution >= 0.6 is 0 Å². The van der Waals surface area contributed by atoms with E-state index < -0.39 is 11.8 Å². The van der Waals surface area contributed by atoms with Crippen LogP contribution in [0.1, 0.15) is 52.8 Å². The minimum Gasteiger partial charge on any atom is -0.358 e. The Balaban J connectivity index is 0.000000354. The number of phenolic OH excluding ortho intramolecular Hbond substituents is 1. The van der Waals surface area contributed by atoms with E-state index in [-0.39, 0.29) is 32.7 Å². The summed E-state index contributed by atoms with van der Waals surface area (Å²) in [7, 11) is 0. The number of rotatable bonds is 0. The molecular weight excluding hydrogens is 495 g/mol. The molecule has 0 atom stereocenters. The van der Waals surface area contributed by atoms with Gasteiger partial charge in [-0.2, -0.15) is 0 Å². The van der Waals surface area contributed by atoms with E-state index in [1.807, 2.05) is 0 Å². The number of fused-ring (bicyclic) bond motifs is 8. The smallest absolute Gasteiger partial charge is 0.358 e. The molecule has 1 fully saturated rings. The van der Waals surface area contributed by atoms with Crippen molar-refractivity contribution in [1.29, 1.82) is 0 Å². The van der Waals surface area contributed by atoms with Crippen molar-refractivity contribution >= 4 is 44.5 Å². The Morgan fingerprint density at radius 3 is 2.25 bits per heavy atom. The minimum atomic E-state index is -0.446. The molecule has 164 valence electrons. The second-order valence-electron chi connectivity index (χ2n) is 7.24. The summed E-state index contributed by atoms with van der Waals surface area (Å²) in [6.07, 6.45) is 9.12. The first kappa shape index (κ1) is 25.2. The van der Waals surface area contributed by atoms with Gasteiger partial charge in [0.05, 0.1) is 16.6 Å². The molecule has 2 N–H and O–H groups in total. The molecule has 6 rings (SSSR count). The average molecular weight is 517 g/mol. The molecule has 2 aromatic heterocycles. The molecule has 1 aliphatic carbocycles. The van der Waals surface area contributed by atoms with E-state index in [9.17, 15) is 14.7 Å². The van der Waals surface area contributed by atoms with Gasteiger partial charge < -0.3 is 17.5 Å². The predicted molar refractivity (Wildman–Crippen MR) is 117 cm³/mol. The Morgan fingerprint density at radius 1 is 0.969 bits per heavy atom. The molecule has 2 amide bonds. The quantitative estimate of drug-likeness (QED) is 0.155. The zero-order valence-corrected chi connectivity index (χ0v) is 19.2. The molecule has 8 heteroatoms. The molecule has 2 aliphatic rings. The molecule has 1 saturated carbocycles. The van der Waals surface area contributed by atoms with E-state index >= 15 is 0 Å². The molecule has 0 unspecified atom stereocenters. The maximum Gasteiger partial charge on any atom is 2.00 e. The number of nitrogens with one attached hydrogen (secondary N) is 1. The number of carbonyl (C=O) groups excluding carboxylic acids is 2. The van der Waals surface area contributed by atoms with Crippen LogP contribution in [0.5, 0.6) is 5.75 Å². The molecule has 32 heavy (non-hydrogen) atoms. The Kier molecular flexibility index (Phi) is 8.28. The van der Waals surface area contributed by atoms with E-state index in [0.717, 1.165) is 0 Å². The Labute approximate surface area is 198 Å². The van der Waals surface area contributed by atoms with Crippen molar-refractivity contribution in [2.45, 2.75) is 32.1 Å². The molecule has 0 spiro atoms. The largest absolute Gasteiger partial charge is 2.00 e. The van der Waals surface area contributed by atoms with E-state index in [2.05, 4.69) is 21.9 Å². The summed E-state index contributed by atoms with van der Waals surface area (Å²) in [5.41, 5.74) is 2.40. The van der Waals surface area contributed by atoms with Crippen LogP contribution in [0.2, 0.25) is 0 Å². The van der Waals surface area contributed by atoms with Gasteiger partial charge in [-0.05, 0) is 29.0 Å². The van der Waals surface area contributed by atoms with Gasteiger partial charge in [-0.15, -0.1) is 11.0 Å². The molecule has 4 aromatic rings. The fourth-order valence-corrected chi connectivity index (χ4v) is 4.18. The number of pyridine rings is 1. The van der Waals surface area contributed by atoms with Crippen LogP contribution in [0.25, 0.3) is 32.7 Å². The summed E-state index contributed by atoms with van der Waals surface area (Å²) in [5.74, 6) is -0.802. The number of aromatic hydroxyl groups is 1. The third-order valence-electron chi connectivity index (χ3n) is 5.45. The summed E-state index contributed by atoms with van der Waals surface area (Å²) in [4.78, 5) is 33.5. The number of phenols is 1. The first-order chi connectivity index (χ1) is 14.6. The molecule has 0 radical (unpaired) electrons. The van der Waals surface area contributed by atoms with Crippen LogP contribution < -0.4 is 10.3 Å². The standard InChI is InChI=1S/C17H9N3O3.C5H10.CO.CH3.Ru/c21-7-3-4-10-9(6-7)11-13-12(16(22)20-17(13)23)8-2-1-5-18-14(8)15(11)19-10;1-2-4-5-3-1;1-2;;/h1-6H,(H3,18,19,20,21,22,23);1-5H2;;1H3;/q;;;-1;+2/p-1. The molecule has 7 nitrogen and oxygen atoms in total. The van der Waals surface area contributed by atoms with E-state index in [4.69, 9.17) is 4.65 Å². The van der Waals surface area contributed by atoms with Crippen molar-refractivity contribution in [1.82, 2.24) is 15.3 Å². The SMILES string of the molecule is C1CCCC1.O=C1NC(=O)c2c1c1cccnc1c1[n-]c3ccc(O)cc3c21.[C-]#[O+].[CH3-].[Ru+2]. The van der Waals surface area contributed by atoms with Crippen molar-refractivity contribution in [3.63, 3.8) is 0 Å². The van der Waals surface area contributed by atoms with Crippen LogP contribution in [0, 0.1) is 14.1 Å². The van der Waals surface area contributed by atoms with Crippen molar-refractivity contribution in [3.8, 4) is 5.75 Å². The van der Waals surface area contributed by atoms with E-state index in [1.165, 1.54) is 38.2 Å². The van der Waals surface area contributed by atoms with E-state index in [1.54, 1.807) is 30.5 Å². The summed E-state index contributed by atoms with van der Waals surface area (Å²) >= 11 is 0. The first-order valence-electron chi connectivity index (χ1n) is 9.71. The number of aromatic nitrogens is 2. The van der Waals surface area contributed by atoms with Gasteiger partial charge in [0.2, 0.25) is 0 Å². The third kappa shape index (κ3) is 4.17. The summed E-state index contributed by atoms with van der Waals surface area (Å²) in [5, 5.41) is 13.9. The molecule has 0 bridgehead atoms. The first-order valence-corrected chi connectivity index (χ1v) is 9.71. The third-order valence-corrected chi connectivity index (χ3v) is 5.45. The fraction of sp³-hybridized carbons (Fsp3) is 0.208. The average Bonchev–Trinajstić information content (AvgIpc) is 3.50. The monoisotopic (exact) mass is 517 g/mol. The second-order valence-corrected chi connectivity index (χ2v) is 7.24. The van der Waals surface area contributed by atoms with Gasteiger partial charge in [0.25, 0.3) is 11.8 Å². The Morgan fingerprint density at radius 2 is 1.59 bits per heavy atom. The molecule has 0 saturated heterocycles. The molecule has 2 aromatic carbocycles. The van der Waals surface area contributed by atoms with Gasteiger partial charge in [0, 0.05) is 11.6 Å². The number of amides is 2. The summed E-state index contributed by atoms with van der Waals surface area (Å²) < 4.78 is 7.50. The molecular formula is C24H21N3O4Ru. The normalized spacial score (nSPS) is 13.8. The maximum absolute atomic E-state index is 12.3. The van der Waals surface area contributed by atoms with E-state index in [0.29, 0.717) is 43.8 Å². The number of hydrogen-bond acceptors (Lipinski definition) is 4. The van der Waals surface area contributed by atoms with Crippen LogP contribution in [-0.4, -0.2) is 21.9 Å². The van der Waals surface area contributed by atoms with Gasteiger partial charge >= 0.3 is 30.8 Å². The fourth-order valence-electron chi connectivity index (χ4n) is 4.18. The van der Waals surface area contributed by atoms with Gasteiger partial charge in [-0.3, -0.25) is 19.9 Å². The van der Waals surface area contributed by atoms with Crippen molar-refractivity contribution in [2.75, 3.05) is 0 Å². The maximum atomic E-state index is 12.3. The minimum absolute atomic E-state index is 0. The Bertz CT molecular complexity index is 1320. The van der Waals surface area contributed by atoms with Gasteiger partial charge in [0.15, 0.2) is 0 Å². The molecule has 1 aliphatic heterocycles. The van der Waals surface area contributed by atoms with Gasteiger partial charge in [-0.25, -0.2) is 0 Å². The van der Waals surface area contributed by atoms with Crippen LogP contribution in [0.15, 0.2) is 36.5 Å². The molecule has 3 heterocycles. The van der Waals surface area contributed by atoms with Crippen molar-refractivity contribution in [2.24, 2.45) is 0 Å². The number of carbonyl (C=O) groups is 2. The Hall–Kier alpha value is -3.05. The van der Waals surface area contributed by atoms with Gasteiger partial charge in [-0.1, -0.05) is 44.2 Å². The zero-order chi connectivity index (χ0) is 21.3. The summed E-state index contributed by atoms with van der Waals surface area (Å²) in [6.45, 7) is 4.50. The zero-order valence-electron chi connectivity index (χ0n) is 17.4. The number of nitrogens with zero attached hydrogens (tertiary/aromatic N) is 2. The van der Waals surface area contributed by atoms with Crippen LogP contribution in [0.4, 0.5) is 0 Å². The number of benzene rings is 2. The van der Waals surface area contributed by atoms with Crippen molar-refractivity contribution < 1.29 is 38.8 Å². The number of hydrogen-bond donors (Lipinski definition) is 2. The van der Waals surface area contributed by atoms with Crippen LogP contribution in [-0.2, 0) is 24.1 Å². The number of imide groups is 1. The summed E-state index contributed by atoms with van der Waals surface area (Å²) in [6, 6.07) is 8.25. The van der Waals surface area contributed by atoms with Gasteiger partial charge in [0.1, 0.15) is 5.75 Å².